The second kappa shape index (κ2) is 5.08. The van der Waals surface area contributed by atoms with Gasteiger partial charge in [-0.1, -0.05) is 6.07 Å². The largest absolute Gasteiger partial charge is 0.494 e. The van der Waals surface area contributed by atoms with Crippen LogP contribution in [0.5, 0.6) is 5.75 Å². The van der Waals surface area contributed by atoms with Crippen LogP contribution in [-0.2, 0) is 0 Å². The molecule has 0 bridgehead atoms. The first kappa shape index (κ1) is 12.3. The van der Waals surface area contributed by atoms with E-state index in [0.29, 0.717) is 5.82 Å². The zero-order chi connectivity index (χ0) is 13.9. The van der Waals surface area contributed by atoms with Crippen molar-refractivity contribution in [2.24, 2.45) is 0 Å². The number of methoxy groups -OCH3 is 1. The zero-order valence-electron chi connectivity index (χ0n) is 11.2. The van der Waals surface area contributed by atoms with Crippen molar-refractivity contribution in [3.8, 4) is 28.4 Å². The molecule has 1 N–H and O–H groups in total. The molecule has 0 amide bonds. The van der Waals surface area contributed by atoms with Crippen molar-refractivity contribution >= 4 is 0 Å². The van der Waals surface area contributed by atoms with E-state index < -0.39 is 0 Å². The Morgan fingerprint density at radius 3 is 2.70 bits per heavy atom. The summed E-state index contributed by atoms with van der Waals surface area (Å²) in [6.07, 6.45) is 4.94. The fourth-order valence-corrected chi connectivity index (χ4v) is 2.15. The molecule has 0 saturated carbocycles. The van der Waals surface area contributed by atoms with E-state index in [-0.39, 0.29) is 0 Å². The highest BCUT2D eigenvalue weighted by molar-refractivity contribution is 5.81. The third kappa shape index (κ3) is 2.01. The second-order valence-electron chi connectivity index (χ2n) is 4.21. The summed E-state index contributed by atoms with van der Waals surface area (Å²) in [5, 5.41) is 6.71. The number of aromatic amines is 1. The molecule has 6 nitrogen and oxygen atoms in total. The number of aromatic nitrogens is 5. The Hall–Kier alpha value is -2.76. The number of hydrogen-bond donors (Lipinski definition) is 1. The molecule has 100 valence electrons. The molecule has 0 atom stereocenters. The molecule has 0 aliphatic heterocycles. The Morgan fingerprint density at radius 1 is 1.05 bits per heavy atom. The Morgan fingerprint density at radius 2 is 1.95 bits per heavy atom. The highest BCUT2D eigenvalue weighted by atomic mass is 16.5. The first-order chi connectivity index (χ1) is 9.81. The first-order valence-electron chi connectivity index (χ1n) is 6.12. The van der Waals surface area contributed by atoms with E-state index in [1.165, 1.54) is 6.33 Å². The van der Waals surface area contributed by atoms with Crippen molar-refractivity contribution < 1.29 is 4.74 Å². The van der Waals surface area contributed by atoms with E-state index in [1.807, 2.05) is 25.1 Å². The normalized spacial score (nSPS) is 10.5. The summed E-state index contributed by atoms with van der Waals surface area (Å²) in [7, 11) is 1.64. The molecule has 3 aromatic heterocycles. The van der Waals surface area contributed by atoms with Crippen LogP contribution in [-0.4, -0.2) is 32.3 Å². The summed E-state index contributed by atoms with van der Waals surface area (Å²) >= 11 is 0. The molecule has 0 spiro atoms. The predicted molar refractivity (Wildman–Crippen MR) is 74.1 cm³/mol. The average Bonchev–Trinajstić information content (AvgIpc) is 3.01. The van der Waals surface area contributed by atoms with E-state index in [1.54, 1.807) is 19.5 Å². The average molecular weight is 267 g/mol. The lowest BCUT2D eigenvalue weighted by atomic mass is 10.0. The van der Waals surface area contributed by atoms with Crippen LogP contribution >= 0.6 is 0 Å². The van der Waals surface area contributed by atoms with Gasteiger partial charge in [0.2, 0.25) is 0 Å². The number of nitrogens with zero attached hydrogens (tertiary/aromatic N) is 4. The van der Waals surface area contributed by atoms with Gasteiger partial charge in [-0.15, -0.1) is 0 Å². The van der Waals surface area contributed by atoms with Crippen LogP contribution in [0.15, 0.2) is 36.9 Å². The van der Waals surface area contributed by atoms with E-state index in [0.717, 1.165) is 28.3 Å². The summed E-state index contributed by atoms with van der Waals surface area (Å²) in [5.74, 6) is 1.36. The van der Waals surface area contributed by atoms with Crippen LogP contribution < -0.4 is 4.74 Å². The van der Waals surface area contributed by atoms with Crippen LogP contribution in [0.4, 0.5) is 0 Å². The fourth-order valence-electron chi connectivity index (χ4n) is 2.15. The summed E-state index contributed by atoms with van der Waals surface area (Å²) in [5.41, 5.74) is 3.41. The molecular weight excluding hydrogens is 254 g/mol. The molecular formula is C14H13N5O. The van der Waals surface area contributed by atoms with Crippen LogP contribution in [0.3, 0.4) is 0 Å². The van der Waals surface area contributed by atoms with E-state index in [4.69, 9.17) is 4.74 Å². The minimum atomic E-state index is 0.622. The molecule has 0 radical (unpaired) electrons. The van der Waals surface area contributed by atoms with Crippen LogP contribution in [0.25, 0.3) is 22.6 Å². The zero-order valence-corrected chi connectivity index (χ0v) is 11.2. The van der Waals surface area contributed by atoms with Crippen molar-refractivity contribution in [2.45, 2.75) is 6.92 Å². The summed E-state index contributed by atoms with van der Waals surface area (Å²) < 4.78 is 5.47. The molecule has 0 saturated heterocycles. The predicted octanol–water partition coefficient (Wildman–Crippen LogP) is 2.25. The van der Waals surface area contributed by atoms with Gasteiger partial charge in [-0.05, 0) is 19.1 Å². The molecule has 3 aromatic rings. The lowest BCUT2D eigenvalue weighted by molar-refractivity contribution is 0.411. The van der Waals surface area contributed by atoms with Crippen LogP contribution in [0.1, 0.15) is 5.69 Å². The molecule has 0 fully saturated rings. The molecule has 20 heavy (non-hydrogen) atoms. The van der Waals surface area contributed by atoms with Crippen molar-refractivity contribution in [3.63, 3.8) is 0 Å². The topological polar surface area (TPSA) is 76.6 Å². The summed E-state index contributed by atoms with van der Waals surface area (Å²) in [4.78, 5) is 12.8. The maximum Gasteiger partial charge on any atom is 0.174 e. The van der Waals surface area contributed by atoms with Gasteiger partial charge in [-0.25, -0.2) is 4.98 Å². The van der Waals surface area contributed by atoms with Gasteiger partial charge >= 0.3 is 0 Å². The van der Waals surface area contributed by atoms with Gasteiger partial charge in [-0.3, -0.25) is 15.1 Å². The Labute approximate surface area is 115 Å². The summed E-state index contributed by atoms with van der Waals surface area (Å²) in [6.45, 7) is 1.91. The maximum atomic E-state index is 5.47. The molecule has 3 heterocycles. The van der Waals surface area contributed by atoms with Crippen LogP contribution in [0.2, 0.25) is 0 Å². The quantitative estimate of drug-likeness (QED) is 0.787. The van der Waals surface area contributed by atoms with Gasteiger partial charge < -0.3 is 4.74 Å². The minimum absolute atomic E-state index is 0.622. The Kier molecular flexibility index (Phi) is 3.12. The first-order valence-corrected chi connectivity index (χ1v) is 6.12. The smallest absolute Gasteiger partial charge is 0.174 e. The lowest BCUT2D eigenvalue weighted by Crippen LogP contribution is -1.96. The Balaban J connectivity index is 2.24. The Bertz CT molecular complexity index is 724. The number of aryl methyl sites for hydroxylation is 1. The van der Waals surface area contributed by atoms with E-state index in [9.17, 15) is 0 Å². The number of ether oxygens (including phenoxy) is 1. The molecule has 3 rings (SSSR count). The van der Waals surface area contributed by atoms with Crippen molar-refractivity contribution in [3.05, 3.63) is 42.6 Å². The standard InChI is InChI=1S/C14H13N5O/c1-9-13(20-2)11(5-7-15-9)10-4-3-6-16-12(10)14-17-8-18-19-14/h3-8H,1-2H3,(H,17,18,19). The molecule has 6 heteroatoms. The van der Waals surface area contributed by atoms with Crippen molar-refractivity contribution in [1.82, 2.24) is 25.1 Å². The lowest BCUT2D eigenvalue weighted by Gasteiger charge is -2.12. The van der Waals surface area contributed by atoms with Crippen molar-refractivity contribution in [2.75, 3.05) is 7.11 Å². The number of pyridine rings is 2. The van der Waals surface area contributed by atoms with E-state index in [2.05, 4.69) is 25.1 Å². The van der Waals surface area contributed by atoms with E-state index >= 15 is 0 Å². The number of rotatable bonds is 3. The third-order valence-electron chi connectivity index (χ3n) is 3.02. The van der Waals surface area contributed by atoms with Gasteiger partial charge in [0.1, 0.15) is 17.8 Å². The highest BCUT2D eigenvalue weighted by Gasteiger charge is 2.15. The maximum absolute atomic E-state index is 5.47. The fraction of sp³-hybridized carbons (Fsp3) is 0.143. The van der Waals surface area contributed by atoms with Crippen LogP contribution in [0, 0.1) is 6.92 Å². The molecule has 0 aliphatic carbocycles. The molecule has 0 aliphatic rings. The minimum Gasteiger partial charge on any atom is -0.494 e. The van der Waals surface area contributed by atoms with Gasteiger partial charge in [0.15, 0.2) is 5.82 Å². The molecule has 0 unspecified atom stereocenters. The van der Waals surface area contributed by atoms with Gasteiger partial charge in [0.05, 0.1) is 12.8 Å². The monoisotopic (exact) mass is 267 g/mol. The second-order valence-corrected chi connectivity index (χ2v) is 4.21. The third-order valence-corrected chi connectivity index (χ3v) is 3.02. The SMILES string of the molecule is COc1c(-c2cccnc2-c2ncn[nH]2)ccnc1C. The van der Waals surface area contributed by atoms with Gasteiger partial charge in [0.25, 0.3) is 0 Å². The number of nitrogens with one attached hydrogen (secondary N) is 1. The van der Waals surface area contributed by atoms with Crippen molar-refractivity contribution in [1.29, 1.82) is 0 Å². The van der Waals surface area contributed by atoms with Gasteiger partial charge in [0, 0.05) is 23.5 Å². The summed E-state index contributed by atoms with van der Waals surface area (Å²) in [6, 6.07) is 5.76. The number of hydrogen-bond acceptors (Lipinski definition) is 5. The van der Waals surface area contributed by atoms with Gasteiger partial charge in [-0.2, -0.15) is 5.10 Å². The molecule has 0 aromatic carbocycles. The highest BCUT2D eigenvalue weighted by Crippen LogP contribution is 2.35. The number of H-pyrrole nitrogens is 1.